The third-order valence-electron chi connectivity index (χ3n) is 8.56. The number of aromatic nitrogens is 1. The van der Waals surface area contributed by atoms with E-state index in [2.05, 4.69) is 17.2 Å². The van der Waals surface area contributed by atoms with Gasteiger partial charge in [0.1, 0.15) is 30.0 Å². The van der Waals surface area contributed by atoms with Gasteiger partial charge in [0.25, 0.3) is 0 Å². The number of hydrogen-bond acceptors (Lipinski definition) is 5. The smallest absolute Gasteiger partial charge is 0.139 e. The van der Waals surface area contributed by atoms with Crippen LogP contribution in [0.2, 0.25) is 0 Å². The lowest BCUT2D eigenvalue weighted by molar-refractivity contribution is -0.129. The second-order valence-electron chi connectivity index (χ2n) is 10.2. The van der Waals surface area contributed by atoms with Crippen LogP contribution in [0, 0.1) is 29.0 Å². The topological polar surface area (TPSA) is 68.3 Å². The first-order valence-electron chi connectivity index (χ1n) is 12.3. The van der Waals surface area contributed by atoms with Crippen molar-refractivity contribution in [3.05, 3.63) is 53.5 Å². The molecule has 1 aromatic carbocycles. The Hall–Kier alpha value is -2.76. The predicted molar refractivity (Wildman–Crippen MR) is 131 cm³/mol. The van der Waals surface area contributed by atoms with Crippen molar-refractivity contribution in [1.82, 2.24) is 4.98 Å². The number of Topliss-reactive ketones (excluding diaryl/α,β-unsaturated/α-hetero) is 1. The number of carbonyl (C=O) groups is 2. The summed E-state index contributed by atoms with van der Waals surface area (Å²) >= 11 is 0. The normalized spacial score (nSPS) is 29.2. The Kier molecular flexibility index (Phi) is 7.34. The van der Waals surface area contributed by atoms with Crippen molar-refractivity contribution in [1.29, 1.82) is 0 Å². The number of fused-ring (bicyclic) bond motifs is 5. The number of ether oxygens (including phenoxy) is 1. The predicted octanol–water partition coefficient (Wildman–Crippen LogP) is 5.59. The number of nitrogens with zero attached hydrogens (tertiary/aromatic N) is 1. The third-order valence-corrected chi connectivity index (χ3v) is 8.56. The second kappa shape index (κ2) is 10.2. The van der Waals surface area contributed by atoms with Gasteiger partial charge in [-0.05, 0) is 91.5 Å². The van der Waals surface area contributed by atoms with Gasteiger partial charge in [-0.1, -0.05) is 13.0 Å². The van der Waals surface area contributed by atoms with E-state index in [0.717, 1.165) is 63.1 Å². The molecule has 5 nitrogen and oxygen atoms in total. The zero-order valence-corrected chi connectivity index (χ0v) is 20.2. The number of nitrogens with one attached hydrogen (secondary N) is 1. The average Bonchev–Trinajstić information content (AvgIpc) is 3.12. The molecule has 0 saturated heterocycles. The van der Waals surface area contributed by atoms with Gasteiger partial charge < -0.3 is 14.8 Å². The molecule has 2 saturated carbocycles. The van der Waals surface area contributed by atoms with Crippen molar-refractivity contribution >= 4 is 18.4 Å². The molecule has 1 aromatic heterocycles. The fourth-order valence-electron chi connectivity index (χ4n) is 7.09. The highest BCUT2D eigenvalue weighted by Gasteiger charge is 2.58. The maximum absolute atomic E-state index is 13.8. The Bertz CT molecular complexity index is 1030. The number of rotatable bonds is 6. The average molecular weight is 467 g/mol. The van der Waals surface area contributed by atoms with Crippen LogP contribution in [0.5, 0.6) is 5.75 Å². The summed E-state index contributed by atoms with van der Waals surface area (Å²) < 4.78 is 19.1. The maximum atomic E-state index is 13.8. The number of carbonyl (C=O) groups excluding carboxylic acids is 2. The van der Waals surface area contributed by atoms with Gasteiger partial charge in [0, 0.05) is 30.6 Å². The Morgan fingerprint density at radius 2 is 2.06 bits per heavy atom. The van der Waals surface area contributed by atoms with E-state index >= 15 is 0 Å². The summed E-state index contributed by atoms with van der Waals surface area (Å²) in [4.78, 5) is 25.5. The summed E-state index contributed by atoms with van der Waals surface area (Å²) in [6, 6.07) is 9.11. The minimum absolute atomic E-state index is 0.130. The van der Waals surface area contributed by atoms with Crippen LogP contribution in [-0.2, 0) is 16.0 Å². The van der Waals surface area contributed by atoms with Gasteiger partial charge in [0.15, 0.2) is 0 Å². The fraction of sp³-hybridized carbons (Fsp3) is 0.536. The molecular weight excluding hydrogens is 431 g/mol. The van der Waals surface area contributed by atoms with Gasteiger partial charge in [-0.3, -0.25) is 4.79 Å². The summed E-state index contributed by atoms with van der Waals surface area (Å²) in [6.45, 7) is 5.07. The Labute approximate surface area is 201 Å². The molecule has 1 heterocycles. The van der Waals surface area contributed by atoms with E-state index < -0.39 is 0 Å². The van der Waals surface area contributed by atoms with Crippen LogP contribution in [0.4, 0.5) is 10.2 Å². The third kappa shape index (κ3) is 4.47. The molecule has 0 radical (unpaired) electrons. The first kappa shape index (κ1) is 24.4. The maximum Gasteiger partial charge on any atom is 0.139 e. The van der Waals surface area contributed by atoms with Crippen LogP contribution >= 0.6 is 0 Å². The molecule has 34 heavy (non-hydrogen) atoms. The van der Waals surface area contributed by atoms with Crippen LogP contribution in [0.3, 0.4) is 0 Å². The molecule has 3 unspecified atom stereocenters. The number of aryl methyl sites for hydroxylation is 1. The van der Waals surface area contributed by atoms with Crippen molar-refractivity contribution in [2.24, 2.45) is 23.2 Å². The van der Waals surface area contributed by atoms with E-state index in [-0.39, 0.29) is 11.2 Å². The molecule has 5 rings (SSSR count). The number of methoxy groups -OCH3 is 1. The molecule has 3 aliphatic carbocycles. The van der Waals surface area contributed by atoms with Gasteiger partial charge in [0.2, 0.25) is 0 Å². The molecule has 1 N–H and O–H groups in total. The molecule has 5 atom stereocenters. The molecular formula is C28H35FN2O3. The number of anilines is 1. The van der Waals surface area contributed by atoms with Gasteiger partial charge in [-0.25, -0.2) is 9.37 Å². The standard InChI is InChI=1S/C27H33FN2O2.CH2O/c1-27-11-9-22-21-8-6-19(28)14-17(21)5-7-23(22)26(27)18(15-24(27)31)4-3-12-29-25-16-20(32-2)10-13-30-25;1-2/h6,8,10,13-14,16,18,22-23,26H,3-5,7,9,11-12,15H2,1-2H3,(H,29,30);1H2/t18-,22?,23?,26?,27-;/m1./s1. The quantitative estimate of drug-likeness (QED) is 0.562. The van der Waals surface area contributed by atoms with Crippen LogP contribution < -0.4 is 10.1 Å². The second-order valence-corrected chi connectivity index (χ2v) is 10.2. The van der Waals surface area contributed by atoms with E-state index in [0.29, 0.717) is 29.5 Å². The summed E-state index contributed by atoms with van der Waals surface area (Å²) in [6.07, 6.45) is 8.58. The molecule has 0 spiro atoms. The van der Waals surface area contributed by atoms with Gasteiger partial charge in [0.05, 0.1) is 7.11 Å². The summed E-state index contributed by atoms with van der Waals surface area (Å²) in [5.74, 6) is 3.87. The minimum Gasteiger partial charge on any atom is -0.497 e. The van der Waals surface area contributed by atoms with E-state index in [9.17, 15) is 9.18 Å². The fourth-order valence-corrected chi connectivity index (χ4v) is 7.09. The van der Waals surface area contributed by atoms with Crippen LogP contribution in [0.15, 0.2) is 36.5 Å². The summed E-state index contributed by atoms with van der Waals surface area (Å²) in [5, 5.41) is 3.40. The van der Waals surface area contributed by atoms with Gasteiger partial charge in [-0.2, -0.15) is 0 Å². The van der Waals surface area contributed by atoms with Crippen LogP contribution in [0.1, 0.15) is 62.5 Å². The largest absolute Gasteiger partial charge is 0.497 e. The minimum atomic E-state index is -0.175. The zero-order valence-electron chi connectivity index (χ0n) is 20.2. The van der Waals surface area contributed by atoms with Crippen LogP contribution in [0.25, 0.3) is 0 Å². The Morgan fingerprint density at radius 3 is 2.85 bits per heavy atom. The lowest BCUT2D eigenvalue weighted by atomic mass is 9.54. The molecule has 0 bridgehead atoms. The zero-order chi connectivity index (χ0) is 24.3. The van der Waals surface area contributed by atoms with Crippen molar-refractivity contribution < 1.29 is 18.7 Å². The lowest BCUT2D eigenvalue weighted by Crippen LogP contribution is -2.44. The number of pyridine rings is 1. The highest BCUT2D eigenvalue weighted by molar-refractivity contribution is 5.87. The number of halogens is 1. The summed E-state index contributed by atoms with van der Waals surface area (Å²) in [7, 11) is 1.66. The highest BCUT2D eigenvalue weighted by Crippen LogP contribution is 2.62. The van der Waals surface area contributed by atoms with Crippen LogP contribution in [-0.4, -0.2) is 31.2 Å². The summed E-state index contributed by atoms with van der Waals surface area (Å²) in [5.41, 5.74) is 2.35. The van der Waals surface area contributed by atoms with Crippen molar-refractivity contribution in [3.8, 4) is 5.75 Å². The highest BCUT2D eigenvalue weighted by atomic mass is 19.1. The van der Waals surface area contributed by atoms with E-state index in [1.54, 1.807) is 25.4 Å². The van der Waals surface area contributed by atoms with Gasteiger partial charge in [-0.15, -0.1) is 0 Å². The van der Waals surface area contributed by atoms with E-state index in [1.807, 2.05) is 25.0 Å². The van der Waals surface area contributed by atoms with Crippen molar-refractivity contribution in [3.63, 3.8) is 0 Å². The number of hydrogen-bond donors (Lipinski definition) is 1. The SMILES string of the molecule is C=O.COc1ccnc(NCCC[C@@H]2CC(=O)[C@@]3(C)CCC4c5ccc(F)cc5CCC4C23)c1. The molecule has 0 aliphatic heterocycles. The Morgan fingerprint density at radius 1 is 1.24 bits per heavy atom. The van der Waals surface area contributed by atoms with E-state index in [1.165, 1.54) is 11.1 Å². The lowest BCUT2D eigenvalue weighted by Gasteiger charge is -2.50. The molecule has 182 valence electrons. The van der Waals surface area contributed by atoms with Gasteiger partial charge >= 0.3 is 0 Å². The number of benzene rings is 1. The molecule has 6 heteroatoms. The van der Waals surface area contributed by atoms with Crippen molar-refractivity contribution in [2.45, 2.75) is 57.8 Å². The monoisotopic (exact) mass is 466 g/mol. The van der Waals surface area contributed by atoms with E-state index in [4.69, 9.17) is 9.53 Å². The molecule has 0 amide bonds. The first-order valence-corrected chi connectivity index (χ1v) is 12.3. The molecule has 2 fully saturated rings. The first-order chi connectivity index (χ1) is 16.5. The molecule has 3 aliphatic rings. The number of ketones is 1. The molecule has 2 aromatic rings. The van der Waals surface area contributed by atoms with Crippen molar-refractivity contribution in [2.75, 3.05) is 19.0 Å². The Balaban J connectivity index is 0.00000133.